The van der Waals surface area contributed by atoms with E-state index in [9.17, 15) is 0 Å². The van der Waals surface area contributed by atoms with E-state index in [0.717, 1.165) is 55.4 Å². The molecule has 0 aromatic rings. The van der Waals surface area contributed by atoms with E-state index in [1.807, 2.05) is 0 Å². The van der Waals surface area contributed by atoms with Crippen molar-refractivity contribution in [1.29, 1.82) is 0 Å². The average molecular weight is 599 g/mol. The molecule has 0 amide bonds. The van der Waals surface area contributed by atoms with Gasteiger partial charge in [0.1, 0.15) is 0 Å². The molecule has 0 aromatic carbocycles. The molecule has 1 unspecified atom stereocenters. The first-order chi connectivity index (χ1) is 16.2. The SMILES string of the molecule is CC(C)[Si-](C(C)C)[Si](C(C)C)(C(C)C)[Si]1(C(C)C)[Si-](C(C)C)[Si](C(C)C)(C(C)C)[Si]1(C(C)C)C(C)C. The fourth-order valence-corrected chi connectivity index (χ4v) is 271. The Hall–Kier alpha value is 1.30. The molecular formula is C30H70Si6-2. The van der Waals surface area contributed by atoms with Crippen molar-refractivity contribution in [3.63, 3.8) is 0 Å². The monoisotopic (exact) mass is 598 g/mol. The van der Waals surface area contributed by atoms with Crippen LogP contribution in [0.4, 0.5) is 0 Å². The van der Waals surface area contributed by atoms with E-state index in [1.54, 1.807) is 0 Å². The van der Waals surface area contributed by atoms with Gasteiger partial charge in [0.2, 0.25) is 0 Å². The smallest absolute Gasteiger partial charge is 0.0193 e. The summed E-state index contributed by atoms with van der Waals surface area (Å²) in [7, 11) is -5.50. The second-order valence-corrected chi connectivity index (χ2v) is 73.4. The van der Waals surface area contributed by atoms with E-state index < -0.39 is 36.3 Å². The molecule has 0 spiro atoms. The van der Waals surface area contributed by atoms with Crippen LogP contribution in [-0.2, 0) is 0 Å². The van der Waals surface area contributed by atoms with Gasteiger partial charge in [-0.1, -0.05) is 184 Å². The third-order valence-corrected chi connectivity index (χ3v) is 152. The van der Waals surface area contributed by atoms with Crippen molar-refractivity contribution in [3.8, 4) is 0 Å². The molecule has 1 fully saturated rings. The molecule has 36 heavy (non-hydrogen) atoms. The van der Waals surface area contributed by atoms with Crippen molar-refractivity contribution < 1.29 is 0 Å². The summed E-state index contributed by atoms with van der Waals surface area (Å²) in [5.41, 5.74) is 9.64. The summed E-state index contributed by atoms with van der Waals surface area (Å²) in [5.74, 6) is 0. The first-order valence-corrected chi connectivity index (χ1v) is 33.7. The Morgan fingerprint density at radius 2 is 0.806 bits per heavy atom. The number of rotatable bonds is 12. The van der Waals surface area contributed by atoms with Gasteiger partial charge in [-0.05, 0) is 7.11 Å². The molecule has 0 N–H and O–H groups in total. The maximum Gasteiger partial charge on any atom is -0.0193 e. The van der Waals surface area contributed by atoms with Crippen LogP contribution in [0.25, 0.3) is 0 Å². The standard InChI is InChI=1S/C30H70Si6/c1-21(2)31(22(3)4)33(24(7)8,25(9)10)36(30(19)20)32(23(5)6)34(26(11)12,27(13)14)35(36,28(15)16)29(17)18/h21-30H,1-20H3/q-2. The third-order valence-electron chi connectivity index (χ3n) is 11.5. The van der Waals surface area contributed by atoms with Gasteiger partial charge in [-0.25, -0.2) is 0 Å². The molecule has 0 radical (unpaired) electrons. The maximum absolute atomic E-state index is 2.84. The van der Waals surface area contributed by atoms with Crippen LogP contribution in [0.15, 0.2) is 0 Å². The Labute approximate surface area is 237 Å². The summed E-state index contributed by atoms with van der Waals surface area (Å²) in [6, 6.07) is 0. The van der Waals surface area contributed by atoms with Crippen LogP contribution in [0.2, 0.25) is 55.4 Å². The lowest BCUT2D eigenvalue weighted by Crippen LogP contribution is -3.12. The molecule has 1 aliphatic heterocycles. The second kappa shape index (κ2) is 12.0. The van der Waals surface area contributed by atoms with Gasteiger partial charge in [0, 0.05) is 0 Å². The van der Waals surface area contributed by atoms with Crippen molar-refractivity contribution in [3.05, 3.63) is 0 Å². The Morgan fingerprint density at radius 1 is 0.472 bits per heavy atom. The molecule has 6 heteroatoms. The minimum absolute atomic E-state index is 0.383. The van der Waals surface area contributed by atoms with Gasteiger partial charge in [0.15, 0.2) is 0 Å². The van der Waals surface area contributed by atoms with Gasteiger partial charge >= 0.3 is 0 Å². The van der Waals surface area contributed by atoms with Crippen molar-refractivity contribution >= 4 is 44.1 Å². The Balaban J connectivity index is 4.76. The van der Waals surface area contributed by atoms with Gasteiger partial charge in [-0.2, -0.15) is 16.6 Å². The molecule has 0 nitrogen and oxygen atoms in total. The average Bonchev–Trinajstić information content (AvgIpc) is 2.63. The van der Waals surface area contributed by atoms with E-state index in [1.165, 1.54) is 0 Å². The molecule has 1 rings (SSSR count). The van der Waals surface area contributed by atoms with E-state index in [-0.39, 0.29) is 7.83 Å². The predicted molar refractivity (Wildman–Crippen MR) is 186 cm³/mol. The van der Waals surface area contributed by atoms with Crippen molar-refractivity contribution in [1.82, 2.24) is 0 Å². The minimum Gasteiger partial charge on any atom is -0.259 e. The quantitative estimate of drug-likeness (QED) is 0.196. The summed E-state index contributed by atoms with van der Waals surface area (Å²) >= 11 is 0. The first kappa shape index (κ1) is 35.3. The van der Waals surface area contributed by atoms with Gasteiger partial charge in [0.25, 0.3) is 0 Å². The molecule has 216 valence electrons. The molecule has 0 bridgehead atoms. The Bertz CT molecular complexity index is 652. The van der Waals surface area contributed by atoms with Gasteiger partial charge < -0.3 is 0 Å². The van der Waals surface area contributed by atoms with Crippen molar-refractivity contribution in [2.24, 2.45) is 0 Å². The lowest BCUT2D eigenvalue weighted by atomic mass is 10.5. The lowest BCUT2D eigenvalue weighted by molar-refractivity contribution is 0.865. The van der Waals surface area contributed by atoms with Crippen LogP contribution in [0, 0.1) is 0 Å². The van der Waals surface area contributed by atoms with E-state index in [0.29, 0.717) is 0 Å². The first-order valence-electron chi connectivity index (χ1n) is 15.9. The van der Waals surface area contributed by atoms with Crippen LogP contribution in [-0.4, -0.2) is 44.1 Å². The zero-order valence-electron chi connectivity index (χ0n) is 28.8. The molecule has 0 aliphatic carbocycles. The predicted octanol–water partition coefficient (Wildman–Crippen LogP) is 11.4. The topological polar surface area (TPSA) is 0 Å². The fourth-order valence-electron chi connectivity index (χ4n) is 12.7. The van der Waals surface area contributed by atoms with Gasteiger partial charge in [0.05, 0.1) is 0 Å². The zero-order chi connectivity index (χ0) is 28.9. The zero-order valence-corrected chi connectivity index (χ0v) is 34.8. The lowest BCUT2D eigenvalue weighted by Gasteiger charge is -2.99. The molecule has 0 aromatic heterocycles. The summed E-state index contributed by atoms with van der Waals surface area (Å²) in [4.78, 5) is 0. The molecule has 0 saturated carbocycles. The second-order valence-electron chi connectivity index (χ2n) is 15.8. The highest BCUT2D eigenvalue weighted by molar-refractivity contribution is 8.23. The van der Waals surface area contributed by atoms with Crippen molar-refractivity contribution in [2.45, 2.75) is 194 Å². The van der Waals surface area contributed by atoms with E-state index in [4.69, 9.17) is 0 Å². The van der Waals surface area contributed by atoms with Gasteiger partial charge in [-0.15, -0.1) is 13.7 Å². The number of hydrogen-bond donors (Lipinski definition) is 0. The highest BCUT2D eigenvalue weighted by Gasteiger charge is 2.79. The minimum atomic E-state index is -1.62. The van der Waals surface area contributed by atoms with Crippen molar-refractivity contribution in [2.75, 3.05) is 0 Å². The molecule has 1 saturated heterocycles. The Kier molecular flexibility index (Phi) is 11.8. The highest BCUT2D eigenvalue weighted by Crippen LogP contribution is 2.72. The largest absolute Gasteiger partial charge is 0.259 e. The molecular weight excluding hydrogens is 529 g/mol. The maximum atomic E-state index is 2.84. The van der Waals surface area contributed by atoms with Crippen LogP contribution >= 0.6 is 0 Å². The normalized spacial score (nSPS) is 23.4. The molecule has 1 atom stereocenters. The van der Waals surface area contributed by atoms with E-state index in [2.05, 4.69) is 138 Å². The van der Waals surface area contributed by atoms with Crippen LogP contribution in [0.3, 0.4) is 0 Å². The number of hydrogen-bond acceptors (Lipinski definition) is 0. The fraction of sp³-hybridized carbons (Fsp3) is 1.00. The van der Waals surface area contributed by atoms with Crippen LogP contribution in [0.1, 0.15) is 138 Å². The molecule has 1 heterocycles. The van der Waals surface area contributed by atoms with Gasteiger partial charge in [-0.3, -0.25) is 16.1 Å². The Morgan fingerprint density at radius 3 is 0.972 bits per heavy atom. The summed E-state index contributed by atoms with van der Waals surface area (Å²) in [6.45, 7) is 53.8. The summed E-state index contributed by atoms with van der Waals surface area (Å²) < 4.78 is 0. The third kappa shape index (κ3) is 4.13. The van der Waals surface area contributed by atoms with Crippen LogP contribution in [0.5, 0.6) is 0 Å². The summed E-state index contributed by atoms with van der Waals surface area (Å²) in [6.07, 6.45) is 0. The van der Waals surface area contributed by atoms with Crippen LogP contribution < -0.4 is 0 Å². The van der Waals surface area contributed by atoms with E-state index >= 15 is 0 Å². The molecule has 1 aliphatic rings. The summed E-state index contributed by atoms with van der Waals surface area (Å²) in [5, 5.41) is 0. The highest BCUT2D eigenvalue weighted by atomic mass is 30.3.